The SMILES string of the molecule is Cc1ccc(N2N=C(C(=O)Nc3ccc(S(=O)(=O)NC(C)C)cc3)CCC2=O)cc1Cl. The van der Waals surface area contributed by atoms with E-state index in [1.54, 1.807) is 32.0 Å². The molecule has 0 fully saturated rings. The summed E-state index contributed by atoms with van der Waals surface area (Å²) in [4.78, 5) is 25.1. The maximum Gasteiger partial charge on any atom is 0.271 e. The Labute approximate surface area is 186 Å². The van der Waals surface area contributed by atoms with Crippen LogP contribution in [0.2, 0.25) is 5.02 Å². The number of anilines is 2. The van der Waals surface area contributed by atoms with Gasteiger partial charge in [0.15, 0.2) is 0 Å². The van der Waals surface area contributed by atoms with Crippen molar-refractivity contribution in [2.75, 3.05) is 10.3 Å². The van der Waals surface area contributed by atoms with E-state index in [0.717, 1.165) is 5.56 Å². The maximum atomic E-state index is 12.7. The molecule has 8 nitrogen and oxygen atoms in total. The van der Waals surface area contributed by atoms with Crippen LogP contribution in [-0.2, 0) is 19.6 Å². The Balaban J connectivity index is 1.76. The zero-order valence-electron chi connectivity index (χ0n) is 17.3. The zero-order chi connectivity index (χ0) is 22.8. The molecule has 2 aromatic rings. The Morgan fingerprint density at radius 3 is 2.42 bits per heavy atom. The molecule has 0 aliphatic carbocycles. The van der Waals surface area contributed by atoms with Gasteiger partial charge in [0.1, 0.15) is 5.71 Å². The van der Waals surface area contributed by atoms with Gasteiger partial charge in [-0.2, -0.15) is 5.10 Å². The van der Waals surface area contributed by atoms with Gasteiger partial charge in [-0.3, -0.25) is 9.59 Å². The summed E-state index contributed by atoms with van der Waals surface area (Å²) in [5, 5.41) is 8.58. The number of hydrogen-bond donors (Lipinski definition) is 2. The molecule has 0 radical (unpaired) electrons. The van der Waals surface area contributed by atoms with Crippen LogP contribution in [0, 0.1) is 6.92 Å². The molecule has 3 rings (SSSR count). The number of halogens is 1. The first-order valence-electron chi connectivity index (χ1n) is 9.67. The van der Waals surface area contributed by atoms with Crippen molar-refractivity contribution >= 4 is 50.5 Å². The van der Waals surface area contributed by atoms with Crippen LogP contribution in [0.5, 0.6) is 0 Å². The monoisotopic (exact) mass is 462 g/mol. The summed E-state index contributed by atoms with van der Waals surface area (Å²) in [7, 11) is -3.62. The number of hydrazone groups is 1. The molecule has 0 atom stereocenters. The molecule has 31 heavy (non-hydrogen) atoms. The van der Waals surface area contributed by atoms with E-state index < -0.39 is 15.9 Å². The molecule has 164 valence electrons. The third-order valence-corrected chi connectivity index (χ3v) is 6.59. The summed E-state index contributed by atoms with van der Waals surface area (Å²) < 4.78 is 26.9. The zero-order valence-corrected chi connectivity index (χ0v) is 18.9. The van der Waals surface area contributed by atoms with Crippen molar-refractivity contribution in [2.24, 2.45) is 5.10 Å². The Morgan fingerprint density at radius 1 is 1.13 bits per heavy atom. The first kappa shape index (κ1) is 22.9. The second kappa shape index (κ2) is 9.17. The molecule has 0 aromatic heterocycles. The molecular formula is C21H23ClN4O4S. The predicted molar refractivity (Wildman–Crippen MR) is 121 cm³/mol. The molecule has 2 aromatic carbocycles. The van der Waals surface area contributed by atoms with Crippen molar-refractivity contribution in [3.8, 4) is 0 Å². The first-order valence-corrected chi connectivity index (χ1v) is 11.5. The number of aryl methyl sites for hydroxylation is 1. The lowest BCUT2D eigenvalue weighted by Crippen LogP contribution is -2.36. The summed E-state index contributed by atoms with van der Waals surface area (Å²) in [5.74, 6) is -0.699. The summed E-state index contributed by atoms with van der Waals surface area (Å²) in [6.07, 6.45) is 0.335. The number of nitrogens with one attached hydrogen (secondary N) is 2. The van der Waals surface area contributed by atoms with E-state index >= 15 is 0 Å². The normalized spacial score (nSPS) is 14.5. The highest BCUT2D eigenvalue weighted by Gasteiger charge is 2.26. The van der Waals surface area contributed by atoms with Crippen LogP contribution in [0.25, 0.3) is 0 Å². The van der Waals surface area contributed by atoms with Gasteiger partial charge in [-0.05, 0) is 62.7 Å². The van der Waals surface area contributed by atoms with Crippen molar-refractivity contribution in [1.82, 2.24) is 4.72 Å². The van der Waals surface area contributed by atoms with Crippen LogP contribution in [-0.4, -0.2) is 32.0 Å². The number of nitrogens with zero attached hydrogens (tertiary/aromatic N) is 2. The largest absolute Gasteiger partial charge is 0.321 e. The van der Waals surface area contributed by atoms with Gasteiger partial charge < -0.3 is 5.32 Å². The second-order valence-electron chi connectivity index (χ2n) is 7.44. The standard InChI is InChI=1S/C21H23ClN4O4S/c1-13(2)25-31(29,30)17-8-5-15(6-9-17)23-21(28)19-10-11-20(27)26(24-19)16-7-4-14(3)18(22)12-16/h4-9,12-13,25H,10-11H2,1-3H3,(H,23,28). The van der Waals surface area contributed by atoms with E-state index in [9.17, 15) is 18.0 Å². The van der Waals surface area contributed by atoms with Crippen molar-refractivity contribution in [3.05, 3.63) is 53.1 Å². The topological polar surface area (TPSA) is 108 Å². The number of hydrogen-bond acceptors (Lipinski definition) is 5. The lowest BCUT2D eigenvalue weighted by atomic mass is 10.1. The van der Waals surface area contributed by atoms with Crippen LogP contribution in [0.15, 0.2) is 52.5 Å². The molecule has 2 amide bonds. The molecule has 1 aliphatic heterocycles. The predicted octanol–water partition coefficient (Wildman–Crippen LogP) is 3.46. The quantitative estimate of drug-likeness (QED) is 0.685. The van der Waals surface area contributed by atoms with E-state index in [1.165, 1.54) is 29.3 Å². The highest BCUT2D eigenvalue weighted by Crippen LogP contribution is 2.26. The van der Waals surface area contributed by atoms with E-state index in [4.69, 9.17) is 11.6 Å². The van der Waals surface area contributed by atoms with E-state index in [1.807, 2.05) is 6.92 Å². The minimum absolute atomic E-state index is 0.0993. The molecule has 1 aliphatic rings. The highest BCUT2D eigenvalue weighted by atomic mass is 35.5. The minimum atomic E-state index is -3.62. The molecule has 10 heteroatoms. The van der Waals surface area contributed by atoms with Crippen molar-refractivity contribution in [3.63, 3.8) is 0 Å². The van der Waals surface area contributed by atoms with Crippen LogP contribution in [0.1, 0.15) is 32.3 Å². The lowest BCUT2D eigenvalue weighted by Gasteiger charge is -2.23. The van der Waals surface area contributed by atoms with E-state index in [-0.39, 0.29) is 35.4 Å². The molecule has 0 saturated heterocycles. The molecule has 1 heterocycles. The fourth-order valence-electron chi connectivity index (χ4n) is 2.93. The lowest BCUT2D eigenvalue weighted by molar-refractivity contribution is -0.118. The summed E-state index contributed by atoms with van der Waals surface area (Å²) in [5.41, 5.74) is 1.95. The molecule has 2 N–H and O–H groups in total. The Hall–Kier alpha value is -2.75. The first-order chi connectivity index (χ1) is 14.6. The summed E-state index contributed by atoms with van der Waals surface area (Å²) >= 11 is 6.15. The van der Waals surface area contributed by atoms with Gasteiger partial charge in [-0.25, -0.2) is 18.1 Å². The molecule has 0 saturated carbocycles. The number of sulfonamides is 1. The highest BCUT2D eigenvalue weighted by molar-refractivity contribution is 7.89. The van der Waals surface area contributed by atoms with Crippen molar-refractivity contribution in [1.29, 1.82) is 0 Å². The van der Waals surface area contributed by atoms with Gasteiger partial charge in [0.05, 0.1) is 10.6 Å². The number of carbonyl (C=O) groups is 2. The van der Waals surface area contributed by atoms with Crippen molar-refractivity contribution in [2.45, 2.75) is 44.6 Å². The van der Waals surface area contributed by atoms with Gasteiger partial charge in [0.2, 0.25) is 15.9 Å². The second-order valence-corrected chi connectivity index (χ2v) is 9.56. The van der Waals surface area contributed by atoms with Crippen LogP contribution in [0.4, 0.5) is 11.4 Å². The van der Waals surface area contributed by atoms with Gasteiger partial charge >= 0.3 is 0 Å². The minimum Gasteiger partial charge on any atom is -0.321 e. The van der Waals surface area contributed by atoms with Crippen LogP contribution >= 0.6 is 11.6 Å². The fraction of sp³-hybridized carbons (Fsp3) is 0.286. The molecular weight excluding hydrogens is 440 g/mol. The van der Waals surface area contributed by atoms with Gasteiger partial charge in [0, 0.05) is 29.6 Å². The molecule has 0 bridgehead atoms. The Morgan fingerprint density at radius 2 is 1.81 bits per heavy atom. The fourth-order valence-corrected chi connectivity index (χ4v) is 4.36. The maximum absolute atomic E-state index is 12.7. The van der Waals surface area contributed by atoms with Crippen molar-refractivity contribution < 1.29 is 18.0 Å². The van der Waals surface area contributed by atoms with E-state index in [0.29, 0.717) is 16.4 Å². The van der Waals surface area contributed by atoms with Crippen LogP contribution < -0.4 is 15.0 Å². The van der Waals surface area contributed by atoms with E-state index in [2.05, 4.69) is 15.1 Å². The molecule has 0 spiro atoms. The van der Waals surface area contributed by atoms with Crippen LogP contribution in [0.3, 0.4) is 0 Å². The Kier molecular flexibility index (Phi) is 6.78. The number of amides is 2. The third kappa shape index (κ3) is 5.49. The third-order valence-electron chi connectivity index (χ3n) is 4.51. The summed E-state index contributed by atoms with van der Waals surface area (Å²) in [6, 6.07) is 10.7. The van der Waals surface area contributed by atoms with Gasteiger partial charge in [-0.15, -0.1) is 0 Å². The average molecular weight is 463 g/mol. The molecule has 0 unspecified atom stereocenters. The summed E-state index contributed by atoms with van der Waals surface area (Å²) in [6.45, 7) is 5.31. The average Bonchev–Trinajstić information content (AvgIpc) is 2.70. The number of benzene rings is 2. The van der Waals surface area contributed by atoms with Gasteiger partial charge in [0.25, 0.3) is 5.91 Å². The Bertz CT molecular complexity index is 1140. The number of rotatable bonds is 6. The van der Waals surface area contributed by atoms with Gasteiger partial charge in [-0.1, -0.05) is 17.7 Å². The smallest absolute Gasteiger partial charge is 0.271 e. The number of carbonyl (C=O) groups excluding carboxylic acids is 2.